The maximum absolute atomic E-state index is 12.7. The Hall–Kier alpha value is -2.53. The molecule has 2 N–H and O–H groups in total. The second-order valence-electron chi connectivity index (χ2n) is 6.77. The molecule has 0 aromatic heterocycles. The molecule has 0 aromatic carbocycles. The largest absolute Gasteiger partial charge is 0.480 e. The predicted octanol–water partition coefficient (Wildman–Crippen LogP) is 2.31. The molecule has 2 rings (SSSR count). The molecule has 5 nitrogen and oxygen atoms in total. The van der Waals surface area contributed by atoms with Gasteiger partial charge in [0.15, 0.2) is 0 Å². The van der Waals surface area contributed by atoms with Crippen LogP contribution in [0.25, 0.3) is 0 Å². The average molecular weight is 355 g/mol. The van der Waals surface area contributed by atoms with E-state index >= 15 is 0 Å². The lowest BCUT2D eigenvalue weighted by atomic mass is 9.74. The predicted molar refractivity (Wildman–Crippen MR) is 97.7 cm³/mol. The minimum absolute atomic E-state index is 0.00300. The van der Waals surface area contributed by atoms with Crippen LogP contribution in [0.5, 0.6) is 0 Å². The molecular formula is C21H25NO4. The van der Waals surface area contributed by atoms with Crippen LogP contribution < -0.4 is 5.32 Å². The van der Waals surface area contributed by atoms with Gasteiger partial charge in [-0.05, 0) is 42.9 Å². The zero-order chi connectivity index (χ0) is 19.1. The number of Topliss-reactive ketones (excluding diaryl/α,β-unsaturated/α-hetero) is 1. The molecule has 2 aliphatic rings. The number of rotatable bonds is 5. The molecule has 0 heterocycles. The Bertz CT molecular complexity index is 729. The zero-order valence-electron chi connectivity index (χ0n) is 15.3. The van der Waals surface area contributed by atoms with Crippen LogP contribution in [0.3, 0.4) is 0 Å². The average Bonchev–Trinajstić information content (AvgIpc) is 3.00. The van der Waals surface area contributed by atoms with Crippen LogP contribution in [0.4, 0.5) is 0 Å². The Morgan fingerprint density at radius 3 is 2.65 bits per heavy atom. The first-order chi connectivity index (χ1) is 12.5. The molecule has 0 saturated heterocycles. The normalized spacial score (nSPS) is 24.9. The van der Waals surface area contributed by atoms with Crippen molar-refractivity contribution < 1.29 is 19.5 Å². The molecule has 0 unspecified atom stereocenters. The Balaban J connectivity index is 2.11. The Labute approximate surface area is 154 Å². The standard InChI is InChI=1S/C21H25NO4/c1-3-5-6-7-8-9-18(21(25)26)22-20(24)17-13-14(4-2)12-16-15(17)10-11-19(16)23/h13-16,18H,3-4,9-12H2,1-2H3,(H,22,24)(H,25,26)/t14-,15+,16+,18+/m1/s1. The number of aliphatic carboxylic acids is 1. The first-order valence-corrected chi connectivity index (χ1v) is 9.21. The minimum Gasteiger partial charge on any atom is -0.480 e. The molecular weight excluding hydrogens is 330 g/mol. The summed E-state index contributed by atoms with van der Waals surface area (Å²) in [6.07, 6.45) is 5.44. The summed E-state index contributed by atoms with van der Waals surface area (Å²) in [6, 6.07) is -1.09. The van der Waals surface area contributed by atoms with E-state index in [0.29, 0.717) is 24.8 Å². The van der Waals surface area contributed by atoms with Crippen LogP contribution in [0.2, 0.25) is 0 Å². The van der Waals surface area contributed by atoms with E-state index in [1.807, 2.05) is 19.9 Å². The van der Waals surface area contributed by atoms with Crippen molar-refractivity contribution in [2.24, 2.45) is 17.8 Å². The van der Waals surface area contributed by atoms with E-state index in [4.69, 9.17) is 0 Å². The zero-order valence-corrected chi connectivity index (χ0v) is 15.3. The quantitative estimate of drug-likeness (QED) is 0.742. The van der Waals surface area contributed by atoms with Crippen LogP contribution in [-0.4, -0.2) is 28.8 Å². The Kier molecular flexibility index (Phi) is 7.04. The fraction of sp³-hybridized carbons (Fsp3) is 0.571. The number of fused-ring (bicyclic) bond motifs is 1. The van der Waals surface area contributed by atoms with Crippen molar-refractivity contribution in [2.75, 3.05) is 0 Å². The van der Waals surface area contributed by atoms with Gasteiger partial charge in [0, 0.05) is 30.8 Å². The Morgan fingerprint density at radius 1 is 1.27 bits per heavy atom. The fourth-order valence-corrected chi connectivity index (χ4v) is 3.65. The summed E-state index contributed by atoms with van der Waals surface area (Å²) in [6.45, 7) is 3.93. The first kappa shape index (κ1) is 19.8. The number of ketones is 1. The van der Waals surface area contributed by atoms with Crippen molar-refractivity contribution in [2.45, 2.75) is 58.4 Å². The smallest absolute Gasteiger partial charge is 0.327 e. The summed E-state index contributed by atoms with van der Waals surface area (Å²) < 4.78 is 0. The molecule has 0 aromatic rings. The van der Waals surface area contributed by atoms with Crippen molar-refractivity contribution in [3.63, 3.8) is 0 Å². The third-order valence-electron chi connectivity index (χ3n) is 5.08. The monoisotopic (exact) mass is 355 g/mol. The summed E-state index contributed by atoms with van der Waals surface area (Å²) in [4.78, 5) is 36.3. The maximum atomic E-state index is 12.7. The van der Waals surface area contributed by atoms with Gasteiger partial charge in [0.2, 0.25) is 5.91 Å². The van der Waals surface area contributed by atoms with Crippen LogP contribution in [0.15, 0.2) is 11.6 Å². The topological polar surface area (TPSA) is 83.5 Å². The van der Waals surface area contributed by atoms with Gasteiger partial charge in [-0.15, -0.1) is 0 Å². The lowest BCUT2D eigenvalue weighted by Gasteiger charge is -2.30. The van der Waals surface area contributed by atoms with Gasteiger partial charge in [-0.1, -0.05) is 31.8 Å². The van der Waals surface area contributed by atoms with E-state index in [9.17, 15) is 19.5 Å². The van der Waals surface area contributed by atoms with Gasteiger partial charge < -0.3 is 10.4 Å². The molecule has 0 bridgehead atoms. The van der Waals surface area contributed by atoms with Gasteiger partial charge in [-0.2, -0.15) is 0 Å². The molecule has 0 aliphatic heterocycles. The third kappa shape index (κ3) is 4.76. The molecule has 1 saturated carbocycles. The summed E-state index contributed by atoms with van der Waals surface area (Å²) in [5.41, 5.74) is 0.573. The number of carbonyl (C=O) groups excluding carboxylic acids is 2. The summed E-state index contributed by atoms with van der Waals surface area (Å²) in [5, 5.41) is 11.9. The van der Waals surface area contributed by atoms with Crippen molar-refractivity contribution in [3.05, 3.63) is 11.6 Å². The number of hydrogen-bond acceptors (Lipinski definition) is 3. The first-order valence-electron chi connectivity index (χ1n) is 9.21. The van der Waals surface area contributed by atoms with Crippen LogP contribution in [0.1, 0.15) is 52.4 Å². The minimum atomic E-state index is -1.13. The second kappa shape index (κ2) is 9.25. The number of hydrogen-bond donors (Lipinski definition) is 2. The highest BCUT2D eigenvalue weighted by atomic mass is 16.4. The number of carboxylic acids is 1. The Morgan fingerprint density at radius 2 is 2.00 bits per heavy atom. The number of nitrogens with one attached hydrogen (secondary N) is 1. The van der Waals surface area contributed by atoms with Crippen molar-refractivity contribution in [1.82, 2.24) is 5.32 Å². The summed E-state index contributed by atoms with van der Waals surface area (Å²) in [5.74, 6) is 9.42. The van der Waals surface area contributed by atoms with Crippen LogP contribution in [-0.2, 0) is 14.4 Å². The lowest BCUT2D eigenvalue weighted by molar-refractivity contribution is -0.141. The molecule has 0 spiro atoms. The fourth-order valence-electron chi connectivity index (χ4n) is 3.65. The van der Waals surface area contributed by atoms with E-state index in [1.54, 1.807) is 0 Å². The maximum Gasteiger partial charge on any atom is 0.327 e. The highest BCUT2D eigenvalue weighted by Crippen LogP contribution is 2.43. The van der Waals surface area contributed by atoms with Gasteiger partial charge in [-0.3, -0.25) is 9.59 Å². The van der Waals surface area contributed by atoms with E-state index in [-0.39, 0.29) is 35.9 Å². The third-order valence-corrected chi connectivity index (χ3v) is 5.08. The molecule has 1 amide bonds. The summed E-state index contributed by atoms with van der Waals surface area (Å²) in [7, 11) is 0. The van der Waals surface area contributed by atoms with E-state index < -0.39 is 12.0 Å². The highest BCUT2D eigenvalue weighted by molar-refractivity contribution is 5.98. The molecule has 0 radical (unpaired) electrons. The van der Waals surface area contributed by atoms with Crippen LogP contribution >= 0.6 is 0 Å². The van der Waals surface area contributed by atoms with Gasteiger partial charge in [0.1, 0.15) is 11.8 Å². The number of carboxylic acid groups (broad SMARTS) is 1. The van der Waals surface area contributed by atoms with Crippen molar-refractivity contribution >= 4 is 17.7 Å². The molecule has 5 heteroatoms. The SMILES string of the molecule is CCC#CC#CC[C@H](NC(=O)C1=C[C@H](CC)C[C@@H]2C(=O)CC[C@H]12)C(=O)O. The van der Waals surface area contributed by atoms with Gasteiger partial charge >= 0.3 is 5.97 Å². The lowest BCUT2D eigenvalue weighted by Crippen LogP contribution is -2.43. The van der Waals surface area contributed by atoms with Crippen molar-refractivity contribution in [3.8, 4) is 23.7 Å². The summed E-state index contributed by atoms with van der Waals surface area (Å²) >= 11 is 0. The molecule has 2 aliphatic carbocycles. The number of amides is 1. The molecule has 26 heavy (non-hydrogen) atoms. The molecule has 138 valence electrons. The second-order valence-corrected chi connectivity index (χ2v) is 6.77. The number of allylic oxidation sites excluding steroid dienone is 1. The molecule has 4 atom stereocenters. The van der Waals surface area contributed by atoms with E-state index in [0.717, 1.165) is 12.8 Å². The van der Waals surface area contributed by atoms with Crippen molar-refractivity contribution in [1.29, 1.82) is 0 Å². The van der Waals surface area contributed by atoms with Gasteiger partial charge in [0.05, 0.1) is 0 Å². The van der Waals surface area contributed by atoms with E-state index in [1.165, 1.54) is 0 Å². The van der Waals surface area contributed by atoms with Crippen LogP contribution in [0, 0.1) is 41.4 Å². The molecule has 1 fully saturated rings. The van der Waals surface area contributed by atoms with E-state index in [2.05, 4.69) is 29.0 Å². The highest BCUT2D eigenvalue weighted by Gasteiger charge is 2.42. The van der Waals surface area contributed by atoms with Gasteiger partial charge in [0.25, 0.3) is 0 Å². The number of carbonyl (C=O) groups is 3. The van der Waals surface area contributed by atoms with Gasteiger partial charge in [-0.25, -0.2) is 4.79 Å².